The molecular weight excluding hydrogens is 463 g/mol. The average molecular weight is 495 g/mol. The van der Waals surface area contributed by atoms with Gasteiger partial charge in [0.05, 0.1) is 35.5 Å². The first-order chi connectivity index (χ1) is 18.2. The van der Waals surface area contributed by atoms with Gasteiger partial charge < -0.3 is 20.6 Å². The number of imidazole rings is 2. The minimum absolute atomic E-state index is 0.268. The molecule has 37 heavy (non-hydrogen) atoms. The SMILES string of the molecule is C#C.CCCNCc1ncc(-c2ccc(-c3ccc4c(ccc5[nH]c([C@@H]6CCCN6)nc54)c3)cc2F)[nH]1. The monoisotopic (exact) mass is 494 g/mol. The minimum atomic E-state index is -0.268. The topological polar surface area (TPSA) is 81.4 Å². The molecule has 3 aromatic carbocycles. The van der Waals surface area contributed by atoms with Crippen LogP contribution in [-0.4, -0.2) is 33.0 Å². The van der Waals surface area contributed by atoms with Crippen molar-refractivity contribution in [2.75, 3.05) is 13.1 Å². The highest BCUT2D eigenvalue weighted by molar-refractivity contribution is 6.05. The summed E-state index contributed by atoms with van der Waals surface area (Å²) in [5.74, 6) is 1.55. The molecule has 0 radical (unpaired) electrons. The molecule has 6 rings (SSSR count). The number of nitrogens with one attached hydrogen (secondary N) is 4. The van der Waals surface area contributed by atoms with E-state index in [0.29, 0.717) is 23.8 Å². The number of H-pyrrole nitrogens is 2. The number of halogens is 1. The maximum absolute atomic E-state index is 15.1. The van der Waals surface area contributed by atoms with Gasteiger partial charge in [0.1, 0.15) is 17.5 Å². The summed E-state index contributed by atoms with van der Waals surface area (Å²) in [6.07, 6.45) is 13.0. The molecule has 0 unspecified atom stereocenters. The van der Waals surface area contributed by atoms with Crippen LogP contribution in [0.2, 0.25) is 0 Å². The van der Waals surface area contributed by atoms with Crippen molar-refractivity contribution in [2.24, 2.45) is 0 Å². The van der Waals surface area contributed by atoms with E-state index < -0.39 is 0 Å². The first-order valence-corrected chi connectivity index (χ1v) is 12.7. The van der Waals surface area contributed by atoms with Crippen LogP contribution in [0.15, 0.2) is 54.7 Å². The van der Waals surface area contributed by atoms with Crippen molar-refractivity contribution < 1.29 is 4.39 Å². The number of aromatic amines is 2. The van der Waals surface area contributed by atoms with Crippen molar-refractivity contribution in [2.45, 2.75) is 38.8 Å². The van der Waals surface area contributed by atoms with E-state index >= 15 is 4.39 Å². The fraction of sp³-hybridized carbons (Fsp3) is 0.267. The summed E-state index contributed by atoms with van der Waals surface area (Å²) >= 11 is 0. The summed E-state index contributed by atoms with van der Waals surface area (Å²) in [7, 11) is 0. The number of hydrogen-bond donors (Lipinski definition) is 4. The minimum Gasteiger partial charge on any atom is -0.341 e. The van der Waals surface area contributed by atoms with Crippen molar-refractivity contribution in [3.63, 3.8) is 0 Å². The van der Waals surface area contributed by atoms with Gasteiger partial charge in [0.2, 0.25) is 0 Å². The van der Waals surface area contributed by atoms with Crippen LogP contribution in [0.3, 0.4) is 0 Å². The second-order valence-corrected chi connectivity index (χ2v) is 9.28. The summed E-state index contributed by atoms with van der Waals surface area (Å²) < 4.78 is 15.1. The smallest absolute Gasteiger partial charge is 0.133 e. The number of terminal acetylenes is 1. The molecule has 1 atom stereocenters. The molecule has 4 N–H and O–H groups in total. The lowest BCUT2D eigenvalue weighted by atomic mass is 9.99. The molecule has 1 aliphatic heterocycles. The fourth-order valence-corrected chi connectivity index (χ4v) is 4.97. The van der Waals surface area contributed by atoms with Crippen LogP contribution in [0.25, 0.3) is 44.2 Å². The van der Waals surface area contributed by atoms with Crippen molar-refractivity contribution in [3.8, 4) is 35.2 Å². The summed E-state index contributed by atoms with van der Waals surface area (Å²) in [4.78, 5) is 16.0. The summed E-state index contributed by atoms with van der Waals surface area (Å²) in [6.45, 7) is 4.73. The van der Waals surface area contributed by atoms with Gasteiger partial charge in [-0.15, -0.1) is 12.8 Å². The molecular formula is C30H31FN6. The Labute approximate surface area is 216 Å². The molecule has 1 fully saturated rings. The van der Waals surface area contributed by atoms with Gasteiger partial charge in [-0.1, -0.05) is 31.2 Å². The first kappa shape index (κ1) is 24.7. The van der Waals surface area contributed by atoms with Crippen LogP contribution in [0, 0.1) is 18.7 Å². The highest BCUT2D eigenvalue weighted by atomic mass is 19.1. The molecule has 0 amide bonds. The Hall–Kier alpha value is -3.99. The number of hydrogen-bond acceptors (Lipinski definition) is 4. The molecule has 188 valence electrons. The largest absolute Gasteiger partial charge is 0.341 e. The van der Waals surface area contributed by atoms with Gasteiger partial charge in [0.15, 0.2) is 0 Å². The zero-order chi connectivity index (χ0) is 25.8. The maximum Gasteiger partial charge on any atom is 0.133 e. The van der Waals surface area contributed by atoms with E-state index in [0.717, 1.165) is 70.5 Å². The number of benzene rings is 3. The summed E-state index contributed by atoms with van der Waals surface area (Å²) in [5.41, 5.74) is 5.07. The van der Waals surface area contributed by atoms with Crippen molar-refractivity contribution in [3.05, 3.63) is 72.2 Å². The van der Waals surface area contributed by atoms with Gasteiger partial charge in [0, 0.05) is 10.9 Å². The molecule has 1 saturated heterocycles. The zero-order valence-electron chi connectivity index (χ0n) is 20.9. The standard InChI is InChI=1S/C28H29FN6.C2H2/c1-2-11-30-16-26-32-15-25(33-26)21-9-6-18(14-22(21)29)17-5-8-20-19(13-17)7-10-23-27(20)35-28(34-23)24-4-3-12-31-24;1-2/h5-10,13-15,24,30-31H,2-4,11-12,16H2,1H3,(H,32,33)(H,34,35);1-2H/t24-;/m0./s1. The van der Waals surface area contributed by atoms with E-state index in [4.69, 9.17) is 4.98 Å². The van der Waals surface area contributed by atoms with Crippen LogP contribution in [0.4, 0.5) is 4.39 Å². The van der Waals surface area contributed by atoms with Gasteiger partial charge in [-0.25, -0.2) is 14.4 Å². The second-order valence-electron chi connectivity index (χ2n) is 9.28. The lowest BCUT2D eigenvalue weighted by Gasteiger charge is -2.07. The van der Waals surface area contributed by atoms with E-state index in [9.17, 15) is 0 Å². The third-order valence-corrected chi connectivity index (χ3v) is 6.82. The predicted molar refractivity (Wildman–Crippen MR) is 148 cm³/mol. The van der Waals surface area contributed by atoms with E-state index in [1.54, 1.807) is 12.3 Å². The molecule has 7 heteroatoms. The van der Waals surface area contributed by atoms with Gasteiger partial charge in [-0.05, 0) is 73.1 Å². The number of nitrogens with zero attached hydrogens (tertiary/aromatic N) is 2. The molecule has 6 nitrogen and oxygen atoms in total. The van der Waals surface area contributed by atoms with Crippen LogP contribution < -0.4 is 10.6 Å². The van der Waals surface area contributed by atoms with Crippen LogP contribution in [-0.2, 0) is 6.54 Å². The third-order valence-electron chi connectivity index (χ3n) is 6.82. The zero-order valence-corrected chi connectivity index (χ0v) is 20.9. The Bertz CT molecular complexity index is 1540. The molecule has 0 bridgehead atoms. The number of fused-ring (bicyclic) bond motifs is 3. The molecule has 5 aromatic rings. The van der Waals surface area contributed by atoms with Crippen LogP contribution >= 0.6 is 0 Å². The van der Waals surface area contributed by atoms with Gasteiger partial charge in [-0.3, -0.25) is 0 Å². The lowest BCUT2D eigenvalue weighted by Crippen LogP contribution is -2.14. The normalized spacial score (nSPS) is 15.2. The Kier molecular flexibility index (Phi) is 7.31. The van der Waals surface area contributed by atoms with Crippen molar-refractivity contribution in [1.82, 2.24) is 30.6 Å². The van der Waals surface area contributed by atoms with E-state index in [1.165, 1.54) is 6.42 Å². The van der Waals surface area contributed by atoms with E-state index in [-0.39, 0.29) is 5.82 Å². The fourth-order valence-electron chi connectivity index (χ4n) is 4.97. The highest BCUT2D eigenvalue weighted by Gasteiger charge is 2.20. The Balaban J connectivity index is 0.00000137. The number of aromatic nitrogens is 4. The summed E-state index contributed by atoms with van der Waals surface area (Å²) in [5, 5.41) is 9.01. The maximum atomic E-state index is 15.1. The Morgan fingerprint density at radius 2 is 1.89 bits per heavy atom. The molecule has 2 aromatic heterocycles. The average Bonchev–Trinajstić information content (AvgIpc) is 3.70. The first-order valence-electron chi connectivity index (χ1n) is 12.7. The lowest BCUT2D eigenvalue weighted by molar-refractivity contribution is 0.614. The Morgan fingerprint density at radius 1 is 1.05 bits per heavy atom. The van der Waals surface area contributed by atoms with E-state index in [1.807, 2.05) is 18.2 Å². The van der Waals surface area contributed by atoms with Gasteiger partial charge >= 0.3 is 0 Å². The van der Waals surface area contributed by atoms with Gasteiger partial charge in [-0.2, -0.15) is 0 Å². The molecule has 3 heterocycles. The Morgan fingerprint density at radius 3 is 2.68 bits per heavy atom. The summed E-state index contributed by atoms with van der Waals surface area (Å²) in [6, 6.07) is 16.1. The van der Waals surface area contributed by atoms with Crippen molar-refractivity contribution in [1.29, 1.82) is 0 Å². The second kappa shape index (κ2) is 11.0. The highest BCUT2D eigenvalue weighted by Crippen LogP contribution is 2.32. The third kappa shape index (κ3) is 4.99. The molecule has 0 saturated carbocycles. The van der Waals surface area contributed by atoms with Gasteiger partial charge in [0.25, 0.3) is 0 Å². The van der Waals surface area contributed by atoms with E-state index in [2.05, 4.69) is 69.6 Å². The van der Waals surface area contributed by atoms with Crippen molar-refractivity contribution >= 4 is 21.8 Å². The molecule has 1 aliphatic rings. The molecule has 0 aliphatic carbocycles. The van der Waals surface area contributed by atoms with Crippen LogP contribution in [0.1, 0.15) is 43.9 Å². The predicted octanol–water partition coefficient (Wildman–Crippen LogP) is 6.09. The quantitative estimate of drug-likeness (QED) is 0.163. The molecule has 0 spiro atoms. The number of rotatable bonds is 7. The van der Waals surface area contributed by atoms with Crippen LogP contribution in [0.5, 0.6) is 0 Å².